The maximum Gasteiger partial charge on any atom is 0.260 e. The van der Waals surface area contributed by atoms with Gasteiger partial charge in [-0.05, 0) is 43.9 Å². The van der Waals surface area contributed by atoms with E-state index in [0.717, 1.165) is 31.8 Å². The Balaban J connectivity index is 0.00000192. The minimum absolute atomic E-state index is 0. The lowest BCUT2D eigenvalue weighted by Gasteiger charge is -2.41. The van der Waals surface area contributed by atoms with Crippen LogP contribution in [0, 0.1) is 5.92 Å². The Hall–Kier alpha value is -1.46. The van der Waals surface area contributed by atoms with Gasteiger partial charge in [-0.15, -0.1) is 12.4 Å². The molecule has 2 aliphatic rings. The van der Waals surface area contributed by atoms with Gasteiger partial charge in [0, 0.05) is 25.2 Å². The van der Waals surface area contributed by atoms with E-state index in [4.69, 9.17) is 9.47 Å². The molecule has 1 N–H and O–H groups in total. The Morgan fingerprint density at radius 2 is 2.17 bits per heavy atom. The number of fused-ring (bicyclic) bond motifs is 1. The standard InChI is InChI=1S/C17H24N2O3.ClH/c1-21-14-5-2-6-15(10-14)22-12-17(20)19-9-7-16-13(11-19)4-3-8-18-16;/h2,5-6,10,13,16,18H,3-4,7-9,11-12H2,1H3;1H/t13-,16+;/m1./s1. The van der Waals surface area contributed by atoms with E-state index in [-0.39, 0.29) is 24.9 Å². The Morgan fingerprint density at radius 1 is 1.35 bits per heavy atom. The summed E-state index contributed by atoms with van der Waals surface area (Å²) < 4.78 is 10.8. The molecule has 2 saturated heterocycles. The van der Waals surface area contributed by atoms with Gasteiger partial charge < -0.3 is 19.7 Å². The predicted molar refractivity (Wildman–Crippen MR) is 91.4 cm³/mol. The average molecular weight is 341 g/mol. The molecule has 1 amide bonds. The van der Waals surface area contributed by atoms with Gasteiger partial charge in [0.2, 0.25) is 0 Å². The topological polar surface area (TPSA) is 50.8 Å². The highest BCUT2D eigenvalue weighted by molar-refractivity contribution is 5.85. The largest absolute Gasteiger partial charge is 0.497 e. The normalized spacial score (nSPS) is 23.4. The van der Waals surface area contributed by atoms with Gasteiger partial charge in [0.15, 0.2) is 6.61 Å². The summed E-state index contributed by atoms with van der Waals surface area (Å²) in [5, 5.41) is 3.57. The number of rotatable bonds is 4. The fourth-order valence-electron chi connectivity index (χ4n) is 3.40. The Bertz CT molecular complexity index is 526. The molecule has 1 aromatic carbocycles. The molecule has 0 aromatic heterocycles. The Kier molecular flexibility index (Phi) is 6.54. The zero-order chi connectivity index (χ0) is 15.4. The Morgan fingerprint density at radius 3 is 3.00 bits per heavy atom. The quantitative estimate of drug-likeness (QED) is 0.912. The van der Waals surface area contributed by atoms with E-state index in [1.165, 1.54) is 12.8 Å². The smallest absolute Gasteiger partial charge is 0.260 e. The second-order valence-electron chi connectivity index (χ2n) is 6.06. The number of amides is 1. The van der Waals surface area contributed by atoms with Gasteiger partial charge in [-0.1, -0.05) is 6.07 Å². The van der Waals surface area contributed by atoms with Crippen LogP contribution in [0.1, 0.15) is 19.3 Å². The van der Waals surface area contributed by atoms with Crippen LogP contribution in [0.2, 0.25) is 0 Å². The number of benzene rings is 1. The van der Waals surface area contributed by atoms with E-state index < -0.39 is 0 Å². The summed E-state index contributed by atoms with van der Waals surface area (Å²) in [7, 11) is 1.62. The number of carbonyl (C=O) groups excluding carboxylic acids is 1. The minimum Gasteiger partial charge on any atom is -0.497 e. The first-order valence-corrected chi connectivity index (χ1v) is 8.04. The molecule has 2 fully saturated rings. The molecule has 3 rings (SSSR count). The van der Waals surface area contributed by atoms with E-state index >= 15 is 0 Å². The van der Waals surface area contributed by atoms with Crippen LogP contribution in [0.3, 0.4) is 0 Å². The number of nitrogens with zero attached hydrogens (tertiary/aromatic N) is 1. The highest BCUT2D eigenvalue weighted by Crippen LogP contribution is 2.25. The first kappa shape index (κ1) is 17.9. The summed E-state index contributed by atoms with van der Waals surface area (Å²) in [5.41, 5.74) is 0. The summed E-state index contributed by atoms with van der Waals surface area (Å²) in [5.74, 6) is 2.08. The maximum atomic E-state index is 12.3. The number of likely N-dealkylation sites (tertiary alicyclic amines) is 1. The molecule has 0 bridgehead atoms. The van der Waals surface area contributed by atoms with Crippen molar-refractivity contribution in [1.82, 2.24) is 10.2 Å². The maximum absolute atomic E-state index is 12.3. The van der Waals surface area contributed by atoms with Gasteiger partial charge in [0.1, 0.15) is 11.5 Å². The lowest BCUT2D eigenvalue weighted by molar-refractivity contribution is -0.135. The summed E-state index contributed by atoms with van der Waals surface area (Å²) in [6.45, 7) is 2.90. The van der Waals surface area contributed by atoms with E-state index in [2.05, 4.69) is 5.32 Å². The zero-order valence-corrected chi connectivity index (χ0v) is 14.3. The third-order valence-corrected chi connectivity index (χ3v) is 4.65. The number of halogens is 1. The molecular formula is C17H25ClN2O3. The van der Waals surface area contributed by atoms with Crippen molar-refractivity contribution in [2.24, 2.45) is 5.92 Å². The molecule has 23 heavy (non-hydrogen) atoms. The molecule has 0 unspecified atom stereocenters. The lowest BCUT2D eigenvalue weighted by atomic mass is 9.85. The number of carbonyl (C=O) groups is 1. The molecule has 5 nitrogen and oxygen atoms in total. The van der Waals surface area contributed by atoms with Crippen molar-refractivity contribution >= 4 is 18.3 Å². The zero-order valence-electron chi connectivity index (χ0n) is 13.5. The van der Waals surface area contributed by atoms with Crippen LogP contribution in [-0.4, -0.2) is 50.2 Å². The van der Waals surface area contributed by atoms with Crippen molar-refractivity contribution < 1.29 is 14.3 Å². The molecule has 2 aliphatic heterocycles. The molecule has 0 spiro atoms. The van der Waals surface area contributed by atoms with Crippen LogP contribution in [0.4, 0.5) is 0 Å². The van der Waals surface area contributed by atoms with Crippen molar-refractivity contribution in [1.29, 1.82) is 0 Å². The predicted octanol–water partition coefficient (Wildman–Crippen LogP) is 2.10. The third kappa shape index (κ3) is 4.52. The van der Waals surface area contributed by atoms with Gasteiger partial charge in [-0.2, -0.15) is 0 Å². The van der Waals surface area contributed by atoms with Crippen LogP contribution in [-0.2, 0) is 4.79 Å². The summed E-state index contributed by atoms with van der Waals surface area (Å²) in [6.07, 6.45) is 3.48. The van der Waals surface area contributed by atoms with E-state index in [1.807, 2.05) is 23.1 Å². The molecule has 2 atom stereocenters. The van der Waals surface area contributed by atoms with E-state index in [9.17, 15) is 4.79 Å². The van der Waals surface area contributed by atoms with Crippen LogP contribution >= 0.6 is 12.4 Å². The van der Waals surface area contributed by atoms with Crippen LogP contribution in [0.25, 0.3) is 0 Å². The molecular weight excluding hydrogens is 316 g/mol. The van der Waals surface area contributed by atoms with Crippen LogP contribution in [0.15, 0.2) is 24.3 Å². The number of nitrogens with one attached hydrogen (secondary N) is 1. The van der Waals surface area contributed by atoms with Crippen molar-refractivity contribution in [3.8, 4) is 11.5 Å². The van der Waals surface area contributed by atoms with Crippen LogP contribution in [0.5, 0.6) is 11.5 Å². The van der Waals surface area contributed by atoms with E-state index in [1.54, 1.807) is 13.2 Å². The highest BCUT2D eigenvalue weighted by atomic mass is 35.5. The number of methoxy groups -OCH3 is 1. The lowest BCUT2D eigenvalue weighted by Crippen LogP contribution is -2.54. The Labute approximate surface area is 143 Å². The van der Waals surface area contributed by atoms with Crippen molar-refractivity contribution in [2.75, 3.05) is 33.4 Å². The van der Waals surface area contributed by atoms with Gasteiger partial charge in [0.25, 0.3) is 5.91 Å². The molecule has 0 saturated carbocycles. The molecule has 0 radical (unpaired) electrons. The second-order valence-corrected chi connectivity index (χ2v) is 6.06. The van der Waals surface area contributed by atoms with Gasteiger partial charge in [-0.3, -0.25) is 4.79 Å². The minimum atomic E-state index is 0. The molecule has 1 aromatic rings. The van der Waals surface area contributed by atoms with Crippen LogP contribution < -0.4 is 14.8 Å². The average Bonchev–Trinajstić information content (AvgIpc) is 2.59. The van der Waals surface area contributed by atoms with Crippen molar-refractivity contribution in [2.45, 2.75) is 25.3 Å². The molecule has 128 valence electrons. The number of piperidine rings is 2. The number of hydrogen-bond donors (Lipinski definition) is 1. The summed E-state index contributed by atoms with van der Waals surface area (Å²) >= 11 is 0. The van der Waals surface area contributed by atoms with Gasteiger partial charge in [-0.25, -0.2) is 0 Å². The van der Waals surface area contributed by atoms with Crippen molar-refractivity contribution in [3.63, 3.8) is 0 Å². The van der Waals surface area contributed by atoms with Gasteiger partial charge >= 0.3 is 0 Å². The fourth-order valence-corrected chi connectivity index (χ4v) is 3.40. The second kappa shape index (κ2) is 8.41. The molecule has 6 heteroatoms. The number of ether oxygens (including phenoxy) is 2. The first-order valence-electron chi connectivity index (χ1n) is 8.04. The molecule has 2 heterocycles. The van der Waals surface area contributed by atoms with Crippen molar-refractivity contribution in [3.05, 3.63) is 24.3 Å². The third-order valence-electron chi connectivity index (χ3n) is 4.65. The monoisotopic (exact) mass is 340 g/mol. The fraction of sp³-hybridized carbons (Fsp3) is 0.588. The summed E-state index contributed by atoms with van der Waals surface area (Å²) in [4.78, 5) is 14.3. The molecule has 0 aliphatic carbocycles. The summed E-state index contributed by atoms with van der Waals surface area (Å²) in [6, 6.07) is 7.95. The van der Waals surface area contributed by atoms with E-state index in [0.29, 0.717) is 17.7 Å². The highest BCUT2D eigenvalue weighted by Gasteiger charge is 2.32. The number of hydrogen-bond acceptors (Lipinski definition) is 4. The SMILES string of the molecule is COc1cccc(OCC(=O)N2CC[C@@H]3NCCC[C@@H]3C2)c1.Cl. The van der Waals surface area contributed by atoms with Gasteiger partial charge in [0.05, 0.1) is 7.11 Å². The first-order chi connectivity index (χ1) is 10.8.